The highest BCUT2D eigenvalue weighted by molar-refractivity contribution is 6.09. The van der Waals surface area contributed by atoms with E-state index in [0.717, 1.165) is 9.13 Å². The highest BCUT2D eigenvalue weighted by Gasteiger charge is 2.21. The van der Waals surface area contributed by atoms with Crippen molar-refractivity contribution in [2.75, 3.05) is 18.9 Å². The van der Waals surface area contributed by atoms with E-state index >= 15 is 0 Å². The third-order valence-corrected chi connectivity index (χ3v) is 4.86. The van der Waals surface area contributed by atoms with E-state index in [9.17, 15) is 24.0 Å². The molecule has 1 heterocycles. The Hall–Kier alpha value is -4.47. The Labute approximate surface area is 187 Å². The van der Waals surface area contributed by atoms with Crippen LogP contribution >= 0.6 is 0 Å². The molecule has 0 aliphatic rings. The van der Waals surface area contributed by atoms with Crippen LogP contribution in [-0.2, 0) is 23.6 Å². The van der Waals surface area contributed by atoms with Crippen molar-refractivity contribution in [2.45, 2.75) is 0 Å². The van der Waals surface area contributed by atoms with Crippen LogP contribution in [0.1, 0.15) is 26.3 Å². The van der Waals surface area contributed by atoms with Crippen LogP contribution < -0.4 is 21.7 Å². The van der Waals surface area contributed by atoms with Crippen LogP contribution in [0.25, 0.3) is 0 Å². The van der Waals surface area contributed by atoms with E-state index in [2.05, 4.69) is 0 Å². The first-order valence-corrected chi connectivity index (χ1v) is 9.77. The molecule has 0 amide bonds. The summed E-state index contributed by atoms with van der Waals surface area (Å²) in [6.07, 6.45) is 0. The summed E-state index contributed by atoms with van der Waals surface area (Å²) in [4.78, 5) is 60.7. The van der Waals surface area contributed by atoms with Gasteiger partial charge in [-0.2, -0.15) is 0 Å². The van der Waals surface area contributed by atoms with Gasteiger partial charge in [-0.1, -0.05) is 30.3 Å². The number of ether oxygens (including phenoxy) is 2. The zero-order valence-corrected chi connectivity index (χ0v) is 17.9. The van der Waals surface area contributed by atoms with Gasteiger partial charge in [-0.15, -0.1) is 0 Å². The minimum atomic E-state index is -0.877. The van der Waals surface area contributed by atoms with Gasteiger partial charge in [-0.05, 0) is 24.3 Å². The standard InChI is InChI=1S/C23H21N3O7/c1-25-21(24)19(22(30)26(2)23(25)31)17(27)12-33-18(28)13-32-16-10-8-15(9-11-16)20(29)14-6-4-3-5-7-14/h3-11H,12-13,24H2,1-2H3. The number of aromatic nitrogens is 2. The van der Waals surface area contributed by atoms with Crippen LogP contribution in [0.4, 0.5) is 5.82 Å². The first-order valence-electron chi connectivity index (χ1n) is 9.77. The van der Waals surface area contributed by atoms with E-state index in [0.29, 0.717) is 16.9 Å². The molecular weight excluding hydrogens is 430 g/mol. The van der Waals surface area contributed by atoms with E-state index in [1.54, 1.807) is 36.4 Å². The summed E-state index contributed by atoms with van der Waals surface area (Å²) >= 11 is 0. The van der Waals surface area contributed by atoms with Crippen LogP contribution in [0.2, 0.25) is 0 Å². The number of Topliss-reactive ketones (excluding diaryl/α,β-unsaturated/α-hetero) is 1. The van der Waals surface area contributed by atoms with E-state index < -0.39 is 41.8 Å². The lowest BCUT2D eigenvalue weighted by Crippen LogP contribution is -2.42. The van der Waals surface area contributed by atoms with E-state index in [1.807, 2.05) is 6.07 Å². The molecule has 2 aromatic carbocycles. The number of ketones is 2. The molecular formula is C23H21N3O7. The topological polar surface area (TPSA) is 140 Å². The fourth-order valence-electron chi connectivity index (χ4n) is 2.98. The largest absolute Gasteiger partial charge is 0.482 e. The maximum absolute atomic E-state index is 12.4. The Morgan fingerprint density at radius 1 is 0.848 bits per heavy atom. The summed E-state index contributed by atoms with van der Waals surface area (Å²) in [6, 6.07) is 15.0. The molecule has 170 valence electrons. The van der Waals surface area contributed by atoms with Gasteiger partial charge in [0.25, 0.3) is 5.56 Å². The Bertz CT molecular complexity index is 1320. The summed E-state index contributed by atoms with van der Waals surface area (Å²) in [6.45, 7) is -1.25. The molecule has 0 aliphatic heterocycles. The quantitative estimate of drug-likeness (QED) is 0.390. The number of carbonyl (C=O) groups is 3. The predicted molar refractivity (Wildman–Crippen MR) is 118 cm³/mol. The molecule has 1 aromatic heterocycles. The maximum Gasteiger partial charge on any atom is 0.344 e. The molecule has 0 fully saturated rings. The van der Waals surface area contributed by atoms with E-state index in [4.69, 9.17) is 15.2 Å². The molecule has 3 rings (SSSR count). The van der Waals surface area contributed by atoms with Gasteiger partial charge in [0.1, 0.15) is 17.1 Å². The van der Waals surface area contributed by atoms with Gasteiger partial charge in [0.05, 0.1) is 0 Å². The van der Waals surface area contributed by atoms with Gasteiger partial charge in [-0.3, -0.25) is 23.5 Å². The third-order valence-electron chi connectivity index (χ3n) is 4.86. The Morgan fingerprint density at radius 3 is 2.09 bits per heavy atom. The summed E-state index contributed by atoms with van der Waals surface area (Å²) in [5.74, 6) is -1.85. The monoisotopic (exact) mass is 451 g/mol. The van der Waals surface area contributed by atoms with Crippen LogP contribution in [0, 0.1) is 0 Å². The molecule has 0 spiro atoms. The molecule has 0 aliphatic carbocycles. The van der Waals surface area contributed by atoms with E-state index in [-0.39, 0.29) is 11.6 Å². The van der Waals surface area contributed by atoms with Crippen molar-refractivity contribution < 1.29 is 23.9 Å². The van der Waals surface area contributed by atoms with Gasteiger partial charge in [-0.25, -0.2) is 9.59 Å². The number of anilines is 1. The van der Waals surface area contributed by atoms with Crippen molar-refractivity contribution in [3.8, 4) is 5.75 Å². The van der Waals surface area contributed by atoms with Crippen molar-refractivity contribution in [1.82, 2.24) is 9.13 Å². The maximum atomic E-state index is 12.4. The Kier molecular flexibility index (Phi) is 6.87. The fourth-order valence-corrected chi connectivity index (χ4v) is 2.98. The van der Waals surface area contributed by atoms with Gasteiger partial charge >= 0.3 is 11.7 Å². The summed E-state index contributed by atoms with van der Waals surface area (Å²) < 4.78 is 11.9. The Balaban J connectivity index is 1.56. The van der Waals surface area contributed by atoms with Gasteiger partial charge in [0.2, 0.25) is 5.78 Å². The summed E-state index contributed by atoms with van der Waals surface area (Å²) in [5, 5.41) is 0. The molecule has 10 heteroatoms. The molecule has 0 atom stereocenters. The average Bonchev–Trinajstić information content (AvgIpc) is 2.84. The Morgan fingerprint density at radius 2 is 1.45 bits per heavy atom. The number of nitrogens with zero attached hydrogens (tertiary/aromatic N) is 2. The number of nitrogens with two attached hydrogens (primary N) is 1. The van der Waals surface area contributed by atoms with E-state index in [1.165, 1.54) is 26.2 Å². The van der Waals surface area contributed by atoms with Crippen LogP contribution in [0.5, 0.6) is 5.75 Å². The molecule has 3 aromatic rings. The molecule has 10 nitrogen and oxygen atoms in total. The second kappa shape index (κ2) is 9.77. The number of carbonyl (C=O) groups excluding carboxylic acids is 3. The van der Waals surface area contributed by atoms with Crippen molar-refractivity contribution in [1.29, 1.82) is 0 Å². The molecule has 2 N–H and O–H groups in total. The lowest BCUT2D eigenvalue weighted by atomic mass is 10.0. The zero-order valence-electron chi connectivity index (χ0n) is 17.9. The zero-order chi connectivity index (χ0) is 24.1. The lowest BCUT2D eigenvalue weighted by Gasteiger charge is -2.11. The lowest BCUT2D eigenvalue weighted by molar-refractivity contribution is -0.144. The number of hydrogen-bond donors (Lipinski definition) is 1. The van der Waals surface area contributed by atoms with Crippen molar-refractivity contribution >= 4 is 23.4 Å². The van der Waals surface area contributed by atoms with Crippen LogP contribution in [0.15, 0.2) is 64.2 Å². The highest BCUT2D eigenvalue weighted by Crippen LogP contribution is 2.15. The summed E-state index contributed by atoms with van der Waals surface area (Å²) in [5.41, 5.74) is 4.71. The second-order valence-corrected chi connectivity index (χ2v) is 7.06. The van der Waals surface area contributed by atoms with Gasteiger partial charge < -0.3 is 15.2 Å². The molecule has 0 bridgehead atoms. The normalized spacial score (nSPS) is 10.5. The fraction of sp³-hybridized carbons (Fsp3) is 0.174. The van der Waals surface area contributed by atoms with Gasteiger partial charge in [0, 0.05) is 25.2 Å². The second-order valence-electron chi connectivity index (χ2n) is 7.06. The number of benzene rings is 2. The molecule has 0 saturated carbocycles. The number of hydrogen-bond acceptors (Lipinski definition) is 8. The first kappa shape index (κ1) is 23.2. The number of rotatable bonds is 8. The van der Waals surface area contributed by atoms with Crippen LogP contribution in [-0.4, -0.2) is 39.9 Å². The van der Waals surface area contributed by atoms with Gasteiger partial charge in [0.15, 0.2) is 19.0 Å². The highest BCUT2D eigenvalue weighted by atomic mass is 16.6. The average molecular weight is 451 g/mol. The minimum absolute atomic E-state index is 0.149. The first-order chi connectivity index (χ1) is 15.7. The summed E-state index contributed by atoms with van der Waals surface area (Å²) in [7, 11) is 2.52. The SMILES string of the molecule is Cn1c(N)c(C(=O)COC(=O)COc2ccc(C(=O)c3ccccc3)cc2)c(=O)n(C)c1=O. The number of nitrogen functional groups attached to an aromatic ring is 1. The number of esters is 1. The molecule has 0 unspecified atom stereocenters. The van der Waals surface area contributed by atoms with Crippen molar-refractivity contribution in [2.24, 2.45) is 14.1 Å². The minimum Gasteiger partial charge on any atom is -0.482 e. The third kappa shape index (κ3) is 5.06. The molecule has 33 heavy (non-hydrogen) atoms. The predicted octanol–water partition coefficient (Wildman–Crippen LogP) is 0.702. The van der Waals surface area contributed by atoms with Crippen molar-refractivity contribution in [3.63, 3.8) is 0 Å². The smallest absolute Gasteiger partial charge is 0.344 e. The van der Waals surface area contributed by atoms with Crippen LogP contribution in [0.3, 0.4) is 0 Å². The van der Waals surface area contributed by atoms with Crippen molar-refractivity contribution in [3.05, 3.63) is 92.1 Å². The molecule has 0 saturated heterocycles. The molecule has 0 radical (unpaired) electrons.